The summed E-state index contributed by atoms with van der Waals surface area (Å²) in [6.45, 7) is 4.62. The van der Waals surface area contributed by atoms with E-state index in [9.17, 15) is 9.59 Å². The molecule has 0 saturated carbocycles. The zero-order chi connectivity index (χ0) is 10.6. The number of Topliss-reactive ketones (excluding diaryl/α,β-unsaturated/α-hetero) is 1. The molecule has 0 bridgehead atoms. The molecular formula is C11H10O3. The molecule has 0 unspecified atom stereocenters. The number of carbonyl (C=O) groups is 2. The largest absolute Gasteiger partial charge is 0.420 e. The Morgan fingerprint density at radius 2 is 1.79 bits per heavy atom. The second-order valence-electron chi connectivity index (χ2n) is 2.73. The van der Waals surface area contributed by atoms with Gasteiger partial charge in [-0.2, -0.15) is 0 Å². The molecule has 3 nitrogen and oxygen atoms in total. The van der Waals surface area contributed by atoms with E-state index in [1.807, 2.05) is 0 Å². The van der Waals surface area contributed by atoms with Crippen LogP contribution in [0.2, 0.25) is 0 Å². The van der Waals surface area contributed by atoms with Gasteiger partial charge in [-0.3, -0.25) is 4.79 Å². The standard InChI is InChI=1S/C11H10O3/c1-8(12)9(2)14-11(13)10-6-4-3-5-7-10/h3-7H,2H2,1H3. The smallest absolute Gasteiger partial charge is 0.343 e. The van der Waals surface area contributed by atoms with Crippen molar-refractivity contribution >= 4 is 11.8 Å². The minimum atomic E-state index is -0.564. The van der Waals surface area contributed by atoms with Gasteiger partial charge in [-0.15, -0.1) is 0 Å². The molecule has 0 spiro atoms. The fourth-order valence-electron chi connectivity index (χ4n) is 0.817. The van der Waals surface area contributed by atoms with Gasteiger partial charge in [0, 0.05) is 6.92 Å². The predicted molar refractivity (Wildman–Crippen MR) is 51.7 cm³/mol. The van der Waals surface area contributed by atoms with Crippen molar-refractivity contribution in [3.8, 4) is 0 Å². The third kappa shape index (κ3) is 2.55. The molecule has 0 aliphatic heterocycles. The van der Waals surface area contributed by atoms with Gasteiger partial charge in [0.2, 0.25) is 0 Å². The Balaban J connectivity index is 2.69. The maximum absolute atomic E-state index is 11.3. The summed E-state index contributed by atoms with van der Waals surface area (Å²) in [5.41, 5.74) is 0.398. The van der Waals surface area contributed by atoms with E-state index in [4.69, 9.17) is 4.74 Å². The van der Waals surface area contributed by atoms with Crippen LogP contribution in [0.1, 0.15) is 17.3 Å². The maximum atomic E-state index is 11.3. The summed E-state index contributed by atoms with van der Waals surface area (Å²) in [6, 6.07) is 8.43. The van der Waals surface area contributed by atoms with Crippen molar-refractivity contribution in [3.05, 3.63) is 48.2 Å². The Hall–Kier alpha value is -1.90. The molecule has 0 saturated heterocycles. The topological polar surface area (TPSA) is 43.4 Å². The molecule has 0 aliphatic rings. The van der Waals surface area contributed by atoms with Gasteiger partial charge in [0.25, 0.3) is 0 Å². The van der Waals surface area contributed by atoms with Crippen LogP contribution in [0, 0.1) is 0 Å². The molecule has 0 heterocycles. The summed E-state index contributed by atoms with van der Waals surface area (Å²) in [5, 5.41) is 0. The van der Waals surface area contributed by atoms with Gasteiger partial charge >= 0.3 is 5.97 Å². The average Bonchev–Trinajstić information content (AvgIpc) is 2.19. The molecule has 0 aromatic heterocycles. The molecule has 3 heteroatoms. The Morgan fingerprint density at radius 3 is 2.29 bits per heavy atom. The molecule has 72 valence electrons. The van der Waals surface area contributed by atoms with Gasteiger partial charge in [0.15, 0.2) is 11.5 Å². The van der Waals surface area contributed by atoms with Crippen molar-refractivity contribution in [2.75, 3.05) is 0 Å². The Labute approximate surface area is 82.0 Å². The van der Waals surface area contributed by atoms with Crippen molar-refractivity contribution < 1.29 is 14.3 Å². The number of allylic oxidation sites excluding steroid dienone is 1. The van der Waals surface area contributed by atoms with Gasteiger partial charge in [0.1, 0.15) is 0 Å². The summed E-state index contributed by atoms with van der Waals surface area (Å²) in [4.78, 5) is 22.1. The van der Waals surface area contributed by atoms with Crippen molar-refractivity contribution in [1.29, 1.82) is 0 Å². The number of hydrogen-bond acceptors (Lipinski definition) is 3. The molecule has 1 aromatic carbocycles. The number of ketones is 1. The molecule has 0 fully saturated rings. The number of benzene rings is 1. The van der Waals surface area contributed by atoms with Gasteiger partial charge < -0.3 is 4.74 Å². The van der Waals surface area contributed by atoms with Crippen molar-refractivity contribution in [3.63, 3.8) is 0 Å². The Morgan fingerprint density at radius 1 is 1.21 bits per heavy atom. The van der Waals surface area contributed by atoms with Crippen molar-refractivity contribution in [2.24, 2.45) is 0 Å². The summed E-state index contributed by atoms with van der Waals surface area (Å²) in [7, 11) is 0. The molecule has 0 amide bonds. The Kier molecular flexibility index (Phi) is 3.18. The zero-order valence-corrected chi connectivity index (χ0v) is 7.82. The van der Waals surface area contributed by atoms with E-state index < -0.39 is 5.97 Å². The number of hydrogen-bond donors (Lipinski definition) is 0. The van der Waals surface area contributed by atoms with E-state index >= 15 is 0 Å². The highest BCUT2D eigenvalue weighted by molar-refractivity contribution is 5.97. The zero-order valence-electron chi connectivity index (χ0n) is 7.82. The van der Waals surface area contributed by atoms with Crippen molar-refractivity contribution in [1.82, 2.24) is 0 Å². The van der Waals surface area contributed by atoms with E-state index in [1.165, 1.54) is 6.92 Å². The van der Waals surface area contributed by atoms with Crippen LogP contribution in [0.5, 0.6) is 0 Å². The van der Waals surface area contributed by atoms with E-state index in [2.05, 4.69) is 6.58 Å². The highest BCUT2D eigenvalue weighted by Gasteiger charge is 2.10. The second-order valence-corrected chi connectivity index (χ2v) is 2.73. The van der Waals surface area contributed by atoms with Crippen LogP contribution in [-0.2, 0) is 9.53 Å². The van der Waals surface area contributed by atoms with Gasteiger partial charge in [0.05, 0.1) is 5.56 Å². The van der Waals surface area contributed by atoms with Crippen LogP contribution < -0.4 is 0 Å². The fourth-order valence-corrected chi connectivity index (χ4v) is 0.817. The van der Waals surface area contributed by atoms with E-state index in [0.717, 1.165) is 0 Å². The van der Waals surface area contributed by atoms with Crippen LogP contribution in [0.3, 0.4) is 0 Å². The monoisotopic (exact) mass is 190 g/mol. The predicted octanol–water partition coefficient (Wildman–Crippen LogP) is 1.95. The lowest BCUT2D eigenvalue weighted by Crippen LogP contribution is -2.08. The minimum Gasteiger partial charge on any atom is -0.420 e. The first-order valence-corrected chi connectivity index (χ1v) is 4.08. The molecule has 0 radical (unpaired) electrons. The van der Waals surface area contributed by atoms with E-state index in [0.29, 0.717) is 5.56 Å². The lowest BCUT2D eigenvalue weighted by molar-refractivity contribution is -0.116. The van der Waals surface area contributed by atoms with Crippen LogP contribution >= 0.6 is 0 Å². The number of carbonyl (C=O) groups excluding carboxylic acids is 2. The first-order valence-electron chi connectivity index (χ1n) is 4.08. The van der Waals surface area contributed by atoms with Crippen molar-refractivity contribution in [2.45, 2.75) is 6.92 Å². The second kappa shape index (κ2) is 4.37. The lowest BCUT2D eigenvalue weighted by Gasteiger charge is -2.03. The Bertz CT molecular complexity index is 365. The van der Waals surface area contributed by atoms with E-state index in [1.54, 1.807) is 30.3 Å². The number of ether oxygens (including phenoxy) is 1. The SMILES string of the molecule is C=C(OC(=O)c1ccccc1)C(C)=O. The molecule has 0 atom stereocenters. The summed E-state index contributed by atoms with van der Waals surface area (Å²) >= 11 is 0. The molecule has 1 rings (SSSR count). The summed E-state index contributed by atoms with van der Waals surface area (Å²) in [6.07, 6.45) is 0. The fraction of sp³-hybridized carbons (Fsp3) is 0.0909. The number of esters is 1. The molecular weight excluding hydrogens is 180 g/mol. The maximum Gasteiger partial charge on any atom is 0.343 e. The third-order valence-electron chi connectivity index (χ3n) is 1.62. The quantitative estimate of drug-likeness (QED) is 0.415. The molecule has 14 heavy (non-hydrogen) atoms. The molecule has 0 N–H and O–H groups in total. The normalized spacial score (nSPS) is 9.21. The first kappa shape index (κ1) is 10.2. The van der Waals surface area contributed by atoms with E-state index in [-0.39, 0.29) is 11.5 Å². The summed E-state index contributed by atoms with van der Waals surface area (Å²) in [5.74, 6) is -1.06. The highest BCUT2D eigenvalue weighted by Crippen LogP contribution is 2.05. The molecule has 0 aliphatic carbocycles. The third-order valence-corrected chi connectivity index (χ3v) is 1.62. The van der Waals surface area contributed by atoms with Gasteiger partial charge in [-0.05, 0) is 12.1 Å². The lowest BCUT2D eigenvalue weighted by atomic mass is 10.2. The molecule has 1 aromatic rings. The van der Waals surface area contributed by atoms with Gasteiger partial charge in [-0.1, -0.05) is 24.8 Å². The van der Waals surface area contributed by atoms with Crippen LogP contribution in [0.25, 0.3) is 0 Å². The van der Waals surface area contributed by atoms with Gasteiger partial charge in [-0.25, -0.2) is 4.79 Å². The average molecular weight is 190 g/mol. The highest BCUT2D eigenvalue weighted by atomic mass is 16.5. The van der Waals surface area contributed by atoms with Crippen LogP contribution in [0.15, 0.2) is 42.7 Å². The van der Waals surface area contributed by atoms with Crippen LogP contribution in [0.4, 0.5) is 0 Å². The van der Waals surface area contributed by atoms with Crippen LogP contribution in [-0.4, -0.2) is 11.8 Å². The summed E-state index contributed by atoms with van der Waals surface area (Å²) < 4.78 is 4.71. The minimum absolute atomic E-state index is 0.140. The first-order chi connectivity index (χ1) is 6.61. The number of rotatable bonds is 3.